The summed E-state index contributed by atoms with van der Waals surface area (Å²) in [6, 6.07) is 5.25. The lowest BCUT2D eigenvalue weighted by atomic mass is 10.1. The zero-order valence-electron chi connectivity index (χ0n) is 11.0. The third-order valence-corrected chi connectivity index (χ3v) is 2.67. The van der Waals surface area contributed by atoms with Crippen molar-refractivity contribution < 1.29 is 9.59 Å². The highest BCUT2D eigenvalue weighted by Gasteiger charge is 2.26. The van der Waals surface area contributed by atoms with Crippen molar-refractivity contribution in [1.82, 2.24) is 5.32 Å². The molecule has 0 aromatic heterocycles. The van der Waals surface area contributed by atoms with Crippen LogP contribution in [0.3, 0.4) is 0 Å². The van der Waals surface area contributed by atoms with Crippen LogP contribution in [0.2, 0.25) is 0 Å². The van der Waals surface area contributed by atoms with Gasteiger partial charge in [0.05, 0.1) is 11.1 Å². The number of hydrogen-bond acceptors (Lipinski definition) is 3. The van der Waals surface area contributed by atoms with Gasteiger partial charge in [0.25, 0.3) is 11.8 Å². The van der Waals surface area contributed by atoms with Crippen LogP contribution in [0, 0.1) is 0 Å². The van der Waals surface area contributed by atoms with E-state index in [1.165, 1.54) is 0 Å². The van der Waals surface area contributed by atoms with Gasteiger partial charge < -0.3 is 0 Å². The van der Waals surface area contributed by atoms with Gasteiger partial charge in [0.15, 0.2) is 0 Å². The van der Waals surface area contributed by atoms with Crippen LogP contribution in [0.1, 0.15) is 48.4 Å². The Labute approximate surface area is 107 Å². The van der Waals surface area contributed by atoms with Crippen LogP contribution in [0.4, 0.5) is 0 Å². The Morgan fingerprint density at radius 2 is 1.47 bits per heavy atom. The SMILES string of the molecule is CC.CC.CSc1ccc2c(c1)C(=O)NC2=O. The Morgan fingerprint density at radius 1 is 0.941 bits per heavy atom. The van der Waals surface area contributed by atoms with Crippen molar-refractivity contribution in [3.05, 3.63) is 29.3 Å². The van der Waals surface area contributed by atoms with Gasteiger partial charge in [-0.3, -0.25) is 14.9 Å². The van der Waals surface area contributed by atoms with Crippen LogP contribution < -0.4 is 5.32 Å². The summed E-state index contributed by atoms with van der Waals surface area (Å²) in [5, 5.41) is 2.25. The second-order valence-corrected chi connectivity index (χ2v) is 3.57. The standard InChI is InChI=1S/C9H7NO2S.2C2H6/c1-13-5-2-3-6-7(4-5)9(12)10-8(6)11;2*1-2/h2-4H,1H3,(H,10,11,12);2*1-2H3. The highest BCUT2D eigenvalue weighted by atomic mass is 32.2. The van der Waals surface area contributed by atoms with E-state index in [2.05, 4.69) is 5.32 Å². The van der Waals surface area contributed by atoms with Crippen LogP contribution in [0.25, 0.3) is 0 Å². The maximum absolute atomic E-state index is 11.2. The van der Waals surface area contributed by atoms with Crippen molar-refractivity contribution in [3.63, 3.8) is 0 Å². The molecule has 3 nitrogen and oxygen atoms in total. The molecule has 1 aromatic carbocycles. The molecule has 0 saturated carbocycles. The fourth-order valence-electron chi connectivity index (χ4n) is 1.27. The molecule has 1 heterocycles. The van der Waals surface area contributed by atoms with Gasteiger partial charge in [-0.1, -0.05) is 27.7 Å². The lowest BCUT2D eigenvalue weighted by Gasteiger charge is -1.97. The van der Waals surface area contributed by atoms with Crippen molar-refractivity contribution in [2.75, 3.05) is 6.26 Å². The first-order valence-electron chi connectivity index (χ1n) is 5.76. The number of nitrogens with one attached hydrogen (secondary N) is 1. The summed E-state index contributed by atoms with van der Waals surface area (Å²) in [6.45, 7) is 8.00. The summed E-state index contributed by atoms with van der Waals surface area (Å²) in [5.41, 5.74) is 0.958. The number of thioether (sulfide) groups is 1. The smallest absolute Gasteiger partial charge is 0.258 e. The van der Waals surface area contributed by atoms with Gasteiger partial charge in [0, 0.05) is 4.90 Å². The Balaban J connectivity index is 0.000000581. The maximum atomic E-state index is 11.2. The van der Waals surface area contributed by atoms with Crippen LogP contribution in [-0.4, -0.2) is 18.1 Å². The van der Waals surface area contributed by atoms with E-state index >= 15 is 0 Å². The minimum absolute atomic E-state index is 0.295. The topological polar surface area (TPSA) is 46.2 Å². The van der Waals surface area contributed by atoms with Crippen molar-refractivity contribution >= 4 is 23.6 Å². The minimum Gasteiger partial charge on any atom is -0.288 e. The van der Waals surface area contributed by atoms with Gasteiger partial charge in [0.1, 0.15) is 0 Å². The molecular formula is C13H19NO2S. The first-order valence-corrected chi connectivity index (χ1v) is 6.98. The number of imide groups is 1. The second-order valence-electron chi connectivity index (χ2n) is 2.69. The van der Waals surface area contributed by atoms with Crippen LogP contribution >= 0.6 is 11.8 Å². The molecule has 0 fully saturated rings. The molecule has 0 atom stereocenters. The molecule has 0 bridgehead atoms. The van der Waals surface area contributed by atoms with Gasteiger partial charge in [-0.05, 0) is 24.5 Å². The van der Waals surface area contributed by atoms with Crippen LogP contribution in [-0.2, 0) is 0 Å². The van der Waals surface area contributed by atoms with Crippen LogP contribution in [0.15, 0.2) is 23.1 Å². The summed E-state index contributed by atoms with van der Waals surface area (Å²) in [4.78, 5) is 23.3. The van der Waals surface area contributed by atoms with E-state index in [0.29, 0.717) is 11.1 Å². The molecule has 0 unspecified atom stereocenters. The lowest BCUT2D eigenvalue weighted by molar-refractivity contribution is 0.0879. The molecule has 0 saturated heterocycles. The van der Waals surface area contributed by atoms with E-state index in [1.807, 2.05) is 40.0 Å². The molecule has 2 amide bonds. The van der Waals surface area contributed by atoms with Crippen molar-refractivity contribution in [3.8, 4) is 0 Å². The molecule has 1 N–H and O–H groups in total. The summed E-state index contributed by atoms with van der Waals surface area (Å²) >= 11 is 1.55. The van der Waals surface area contributed by atoms with Crippen LogP contribution in [0.5, 0.6) is 0 Å². The zero-order valence-corrected chi connectivity index (χ0v) is 11.8. The molecule has 1 aliphatic heterocycles. The number of benzene rings is 1. The van der Waals surface area contributed by atoms with E-state index < -0.39 is 0 Å². The Hall–Kier alpha value is -1.29. The number of hydrogen-bond donors (Lipinski definition) is 1. The van der Waals surface area contributed by atoms with Crippen molar-refractivity contribution in [2.24, 2.45) is 0 Å². The molecule has 0 aliphatic carbocycles. The average molecular weight is 253 g/mol. The monoisotopic (exact) mass is 253 g/mol. The van der Waals surface area contributed by atoms with E-state index in [9.17, 15) is 9.59 Å². The van der Waals surface area contributed by atoms with Crippen molar-refractivity contribution in [1.29, 1.82) is 0 Å². The van der Waals surface area contributed by atoms with Gasteiger partial charge in [-0.25, -0.2) is 0 Å². The Morgan fingerprint density at radius 3 is 2.00 bits per heavy atom. The van der Waals surface area contributed by atoms with Gasteiger partial charge in [-0.15, -0.1) is 11.8 Å². The van der Waals surface area contributed by atoms with Gasteiger partial charge in [-0.2, -0.15) is 0 Å². The maximum Gasteiger partial charge on any atom is 0.258 e. The summed E-state index contributed by atoms with van der Waals surface area (Å²) < 4.78 is 0. The van der Waals surface area contributed by atoms with Crippen molar-refractivity contribution in [2.45, 2.75) is 32.6 Å². The predicted octanol–water partition coefficient (Wildman–Crippen LogP) is 3.34. The summed E-state index contributed by atoms with van der Waals surface area (Å²) in [7, 11) is 0. The fourth-order valence-corrected chi connectivity index (χ4v) is 1.71. The molecule has 0 radical (unpaired) electrons. The first-order chi connectivity index (χ1) is 8.22. The first kappa shape index (κ1) is 15.7. The number of amides is 2. The highest BCUT2D eigenvalue weighted by molar-refractivity contribution is 7.98. The molecule has 1 aromatic rings. The Kier molecular flexibility index (Phi) is 7.30. The van der Waals surface area contributed by atoms with Gasteiger partial charge >= 0.3 is 0 Å². The molecular weight excluding hydrogens is 234 g/mol. The van der Waals surface area contributed by atoms with E-state index in [4.69, 9.17) is 0 Å². The summed E-state index contributed by atoms with van der Waals surface area (Å²) in [6.07, 6.45) is 1.93. The highest BCUT2D eigenvalue weighted by Crippen LogP contribution is 2.22. The molecule has 17 heavy (non-hydrogen) atoms. The zero-order chi connectivity index (χ0) is 13.4. The van der Waals surface area contributed by atoms with E-state index in [0.717, 1.165) is 4.90 Å². The number of fused-ring (bicyclic) bond motifs is 1. The predicted molar refractivity (Wildman–Crippen MR) is 72.7 cm³/mol. The second kappa shape index (κ2) is 7.90. The number of carbonyl (C=O) groups excluding carboxylic acids is 2. The van der Waals surface area contributed by atoms with E-state index in [1.54, 1.807) is 23.9 Å². The average Bonchev–Trinajstić information content (AvgIpc) is 2.69. The molecule has 2 rings (SSSR count). The Bertz CT molecular complexity index is 402. The van der Waals surface area contributed by atoms with Gasteiger partial charge in [0.2, 0.25) is 0 Å². The fraction of sp³-hybridized carbons (Fsp3) is 0.385. The molecule has 1 aliphatic rings. The van der Waals surface area contributed by atoms with E-state index in [-0.39, 0.29) is 11.8 Å². The molecule has 0 spiro atoms. The molecule has 4 heteroatoms. The molecule has 94 valence electrons. The number of carbonyl (C=O) groups is 2. The largest absolute Gasteiger partial charge is 0.288 e. The normalized spacial score (nSPS) is 11.6. The minimum atomic E-state index is -0.298. The lowest BCUT2D eigenvalue weighted by Crippen LogP contribution is -2.19. The third-order valence-electron chi connectivity index (χ3n) is 1.94. The summed E-state index contributed by atoms with van der Waals surface area (Å²) in [5.74, 6) is -0.594. The third kappa shape index (κ3) is 3.60. The number of rotatable bonds is 1. The quantitative estimate of drug-likeness (QED) is 0.616.